The number of aryl methyl sites for hydroxylation is 2. The minimum atomic E-state index is -0.316. The molecule has 0 aliphatic carbocycles. The summed E-state index contributed by atoms with van der Waals surface area (Å²) >= 11 is 0. The number of hydrogen-bond acceptors (Lipinski definition) is 6. The van der Waals surface area contributed by atoms with Gasteiger partial charge in [-0.25, -0.2) is 4.68 Å². The van der Waals surface area contributed by atoms with Crippen molar-refractivity contribution in [2.75, 3.05) is 26.3 Å². The Kier molecular flexibility index (Phi) is 5.13. The number of aromatic amines is 1. The second-order valence-corrected chi connectivity index (χ2v) is 8.06. The van der Waals surface area contributed by atoms with Gasteiger partial charge in [0.15, 0.2) is 6.04 Å². The number of furan rings is 1. The molecule has 3 aromatic heterocycles. The van der Waals surface area contributed by atoms with E-state index >= 15 is 0 Å². The molecule has 1 saturated heterocycles. The van der Waals surface area contributed by atoms with Gasteiger partial charge in [-0.2, -0.15) is 0 Å². The fourth-order valence-electron chi connectivity index (χ4n) is 4.25. The monoisotopic (exact) mass is 421 g/mol. The number of rotatable bonds is 5. The van der Waals surface area contributed by atoms with Crippen LogP contribution in [0.3, 0.4) is 0 Å². The van der Waals surface area contributed by atoms with Crippen LogP contribution in [0, 0.1) is 13.8 Å². The van der Waals surface area contributed by atoms with Crippen LogP contribution in [0.25, 0.3) is 10.9 Å². The smallest absolute Gasteiger partial charge is 0.258 e. The lowest BCUT2D eigenvalue weighted by Gasteiger charge is -2.30. The molecule has 9 nitrogen and oxygen atoms in total. The highest BCUT2D eigenvalue weighted by molar-refractivity contribution is 5.80. The van der Waals surface area contributed by atoms with E-state index in [1.807, 2.05) is 31.2 Å². The number of tetrazole rings is 1. The van der Waals surface area contributed by atoms with Crippen LogP contribution in [0.5, 0.6) is 0 Å². The van der Waals surface area contributed by atoms with Crippen LogP contribution < -0.4 is 10.5 Å². The zero-order valence-electron chi connectivity index (χ0n) is 17.6. The first-order valence-corrected chi connectivity index (χ1v) is 10.4. The third kappa shape index (κ3) is 3.77. The summed E-state index contributed by atoms with van der Waals surface area (Å²) in [5, 5.41) is 13.5. The summed E-state index contributed by atoms with van der Waals surface area (Å²) < 4.78 is 12.8. The summed E-state index contributed by atoms with van der Waals surface area (Å²) in [5.74, 6) is 1.39. The quantitative estimate of drug-likeness (QED) is 0.494. The van der Waals surface area contributed by atoms with Crippen LogP contribution >= 0.6 is 0 Å². The van der Waals surface area contributed by atoms with Gasteiger partial charge in [-0.15, -0.1) is 5.10 Å². The van der Waals surface area contributed by atoms with Gasteiger partial charge in [0.05, 0.1) is 25.0 Å². The van der Waals surface area contributed by atoms with Gasteiger partial charge in [0.25, 0.3) is 5.56 Å². The van der Waals surface area contributed by atoms with Gasteiger partial charge in [-0.1, -0.05) is 0 Å². The molecule has 1 aliphatic heterocycles. The zero-order chi connectivity index (χ0) is 21.4. The van der Waals surface area contributed by atoms with Crippen molar-refractivity contribution in [2.45, 2.75) is 26.4 Å². The zero-order valence-corrected chi connectivity index (χ0v) is 17.6. The van der Waals surface area contributed by atoms with Gasteiger partial charge in [-0.05, 0) is 71.1 Å². The second kappa shape index (κ2) is 8.09. The summed E-state index contributed by atoms with van der Waals surface area (Å²) in [6, 6.07) is 9.52. The maximum atomic E-state index is 13.2. The molecule has 160 valence electrons. The minimum Gasteiger partial charge on any atom is -0.467 e. The van der Waals surface area contributed by atoms with Crippen LogP contribution in [-0.4, -0.2) is 51.5 Å². The number of H-pyrrole nitrogens is 1. The van der Waals surface area contributed by atoms with E-state index in [2.05, 4.69) is 33.5 Å². The molecule has 1 fully saturated rings. The molecule has 1 aromatic carbocycles. The average molecular weight is 421 g/mol. The maximum absolute atomic E-state index is 13.2. The Hall–Kier alpha value is -3.30. The number of nitrogens with one attached hydrogen (secondary N) is 2. The van der Waals surface area contributed by atoms with Gasteiger partial charge >= 0.3 is 0 Å². The van der Waals surface area contributed by atoms with E-state index in [-0.39, 0.29) is 11.6 Å². The molecule has 0 saturated carbocycles. The van der Waals surface area contributed by atoms with Crippen LogP contribution in [0.1, 0.15) is 34.3 Å². The lowest BCUT2D eigenvalue weighted by molar-refractivity contribution is -0.933. The normalized spacial score (nSPS) is 16.1. The number of fused-ring (bicyclic) bond motifs is 1. The van der Waals surface area contributed by atoms with Crippen LogP contribution in [-0.2, 0) is 11.3 Å². The summed E-state index contributed by atoms with van der Waals surface area (Å²) in [5.41, 5.74) is 3.70. The Morgan fingerprint density at radius 1 is 1.19 bits per heavy atom. The number of pyridine rings is 1. The van der Waals surface area contributed by atoms with E-state index < -0.39 is 0 Å². The fraction of sp³-hybridized carbons (Fsp3) is 0.364. The predicted molar refractivity (Wildman–Crippen MR) is 113 cm³/mol. The largest absolute Gasteiger partial charge is 0.467 e. The molecule has 9 heteroatoms. The Bertz CT molecular complexity index is 1250. The van der Waals surface area contributed by atoms with E-state index in [1.165, 1.54) is 10.5 Å². The van der Waals surface area contributed by atoms with Gasteiger partial charge in [-0.3, -0.25) is 4.79 Å². The first-order valence-electron chi connectivity index (χ1n) is 10.4. The SMILES string of the molecule is Cc1cc2cc([C@@H](c3nnnn3Cc3ccco3)[NH+]3CCOCC3)c(=O)[nH]c2cc1C. The molecule has 0 amide bonds. The van der Waals surface area contributed by atoms with Crippen molar-refractivity contribution in [1.29, 1.82) is 0 Å². The molecular weight excluding hydrogens is 396 g/mol. The number of aromatic nitrogens is 5. The fourth-order valence-corrected chi connectivity index (χ4v) is 4.25. The first kappa shape index (κ1) is 19.7. The van der Waals surface area contributed by atoms with Gasteiger partial charge < -0.3 is 19.0 Å². The van der Waals surface area contributed by atoms with Crippen molar-refractivity contribution < 1.29 is 14.1 Å². The van der Waals surface area contributed by atoms with E-state index in [1.54, 1.807) is 10.9 Å². The van der Waals surface area contributed by atoms with Crippen LogP contribution in [0.2, 0.25) is 0 Å². The van der Waals surface area contributed by atoms with Crippen molar-refractivity contribution in [3.8, 4) is 0 Å². The van der Waals surface area contributed by atoms with Crippen molar-refractivity contribution in [1.82, 2.24) is 25.2 Å². The van der Waals surface area contributed by atoms with Crippen molar-refractivity contribution in [3.63, 3.8) is 0 Å². The number of benzene rings is 1. The van der Waals surface area contributed by atoms with Crippen LogP contribution in [0.15, 0.2) is 45.8 Å². The Balaban J connectivity index is 1.64. The second-order valence-electron chi connectivity index (χ2n) is 8.06. The lowest BCUT2D eigenvalue weighted by atomic mass is 10.0. The van der Waals surface area contributed by atoms with E-state index in [0.29, 0.717) is 31.1 Å². The number of quaternary nitrogens is 1. The van der Waals surface area contributed by atoms with E-state index in [0.717, 1.165) is 35.3 Å². The van der Waals surface area contributed by atoms with Crippen molar-refractivity contribution in [3.05, 3.63) is 75.2 Å². The lowest BCUT2D eigenvalue weighted by Crippen LogP contribution is -3.14. The molecule has 4 aromatic rings. The molecule has 0 unspecified atom stereocenters. The Labute approximate surface area is 178 Å². The first-order chi connectivity index (χ1) is 15.1. The molecular formula is C22H25N6O3+. The van der Waals surface area contributed by atoms with E-state index in [9.17, 15) is 4.79 Å². The maximum Gasteiger partial charge on any atom is 0.258 e. The van der Waals surface area contributed by atoms with Crippen molar-refractivity contribution >= 4 is 10.9 Å². The summed E-state index contributed by atoms with van der Waals surface area (Å²) in [6.45, 7) is 7.33. The summed E-state index contributed by atoms with van der Waals surface area (Å²) in [4.78, 5) is 17.5. The molecule has 31 heavy (non-hydrogen) atoms. The molecule has 0 radical (unpaired) electrons. The Morgan fingerprint density at radius 3 is 2.77 bits per heavy atom. The van der Waals surface area contributed by atoms with Gasteiger partial charge in [0, 0.05) is 5.52 Å². The number of ether oxygens (including phenoxy) is 1. The van der Waals surface area contributed by atoms with Gasteiger partial charge in [0.1, 0.15) is 25.4 Å². The Morgan fingerprint density at radius 2 is 2.00 bits per heavy atom. The molecule has 4 heterocycles. The molecule has 5 rings (SSSR count). The average Bonchev–Trinajstić information content (AvgIpc) is 3.44. The number of morpholine rings is 1. The molecule has 1 atom stereocenters. The third-order valence-electron chi connectivity index (χ3n) is 6.05. The topological polar surface area (TPSA) is 103 Å². The minimum absolute atomic E-state index is 0.118. The van der Waals surface area contributed by atoms with E-state index in [4.69, 9.17) is 9.15 Å². The number of hydrogen-bond donors (Lipinski definition) is 2. The van der Waals surface area contributed by atoms with Crippen LogP contribution in [0.4, 0.5) is 0 Å². The summed E-state index contributed by atoms with van der Waals surface area (Å²) in [7, 11) is 0. The highest BCUT2D eigenvalue weighted by atomic mass is 16.5. The van der Waals surface area contributed by atoms with Gasteiger partial charge in [0.2, 0.25) is 5.82 Å². The molecule has 0 spiro atoms. The van der Waals surface area contributed by atoms with Crippen molar-refractivity contribution in [2.24, 2.45) is 0 Å². The highest BCUT2D eigenvalue weighted by Crippen LogP contribution is 2.21. The standard InChI is InChI=1S/C22H24N6O3/c1-14-10-16-12-18(22(29)23-19(16)11-15(14)2)20(27-5-8-30-9-6-27)21-24-25-26-28(21)13-17-4-3-7-31-17/h3-4,7,10-12,20H,5-6,8-9,13H2,1-2H3,(H,23,29)/p+1/t20-/m0/s1. The third-order valence-corrected chi connectivity index (χ3v) is 6.05. The summed E-state index contributed by atoms with van der Waals surface area (Å²) in [6.07, 6.45) is 1.63. The highest BCUT2D eigenvalue weighted by Gasteiger charge is 2.35. The predicted octanol–water partition coefficient (Wildman–Crippen LogP) is 0.777. The molecule has 2 N–H and O–H groups in total. The number of nitrogens with zero attached hydrogens (tertiary/aromatic N) is 4. The molecule has 1 aliphatic rings. The molecule has 0 bridgehead atoms.